The molecule has 0 saturated heterocycles. The van der Waals surface area contributed by atoms with Crippen molar-refractivity contribution in [1.82, 2.24) is 24.7 Å². The van der Waals surface area contributed by atoms with E-state index in [0.29, 0.717) is 11.5 Å². The molecule has 0 bridgehead atoms. The first-order valence-electron chi connectivity index (χ1n) is 10.7. The van der Waals surface area contributed by atoms with Crippen LogP contribution in [0.25, 0.3) is 11.2 Å². The van der Waals surface area contributed by atoms with E-state index in [4.69, 9.17) is 0 Å². The van der Waals surface area contributed by atoms with Gasteiger partial charge in [0.2, 0.25) is 11.6 Å². The predicted octanol–water partition coefficient (Wildman–Crippen LogP) is 4.21. The van der Waals surface area contributed by atoms with Crippen molar-refractivity contribution in [2.75, 3.05) is 10.6 Å². The molecule has 3 heterocycles. The Morgan fingerprint density at radius 2 is 2.00 bits per heavy atom. The van der Waals surface area contributed by atoms with E-state index in [-0.39, 0.29) is 18.4 Å². The van der Waals surface area contributed by atoms with E-state index in [1.807, 2.05) is 62.0 Å². The molecular weight excluding hydrogens is 402 g/mol. The number of fused-ring (bicyclic) bond motifs is 1. The smallest absolute Gasteiger partial charge is 0.230 e. The van der Waals surface area contributed by atoms with Gasteiger partial charge in [-0.3, -0.25) is 14.5 Å². The van der Waals surface area contributed by atoms with Crippen LogP contribution >= 0.6 is 0 Å². The molecule has 2 N–H and O–H groups in total. The summed E-state index contributed by atoms with van der Waals surface area (Å²) in [5.74, 6) is 0.562. The number of aromatic nitrogens is 5. The van der Waals surface area contributed by atoms with Crippen LogP contribution in [0.5, 0.6) is 0 Å². The first-order chi connectivity index (χ1) is 15.4. The molecule has 164 valence electrons. The van der Waals surface area contributed by atoms with E-state index >= 15 is 0 Å². The van der Waals surface area contributed by atoms with Gasteiger partial charge in [-0.2, -0.15) is 5.10 Å². The van der Waals surface area contributed by atoms with Crippen LogP contribution in [0.3, 0.4) is 0 Å². The Labute approximate surface area is 187 Å². The lowest BCUT2D eigenvalue weighted by Crippen LogP contribution is -2.16. The fourth-order valence-electron chi connectivity index (χ4n) is 3.63. The Hall–Kier alpha value is -3.81. The number of amides is 1. The van der Waals surface area contributed by atoms with Crippen LogP contribution in [0.1, 0.15) is 42.3 Å². The van der Waals surface area contributed by atoms with Crippen molar-refractivity contribution in [3.63, 3.8) is 0 Å². The predicted molar refractivity (Wildman–Crippen MR) is 126 cm³/mol. The molecule has 8 heteroatoms. The lowest BCUT2D eigenvalue weighted by atomic mass is 10.0. The maximum Gasteiger partial charge on any atom is 0.230 e. The number of carbonyl (C=O) groups is 1. The van der Waals surface area contributed by atoms with E-state index in [1.165, 1.54) is 0 Å². The van der Waals surface area contributed by atoms with Crippen molar-refractivity contribution < 1.29 is 4.79 Å². The minimum Gasteiger partial charge on any atom is -0.362 e. The standard InChI is InChI=1S/C24H27N7O/c1-5-31-14-21-24(30-31)29-22(13-26-21)27-17(4)20-11-18(7-6-16(20)3)28-23(32)12-19-10-15(2)8-9-25-19/h6-11,13-14,17H,5,12H2,1-4H3,(H,28,32)(H,27,29,30)/t17-/m0/s1. The third-order valence-corrected chi connectivity index (χ3v) is 5.31. The lowest BCUT2D eigenvalue weighted by Gasteiger charge is -2.18. The highest BCUT2D eigenvalue weighted by molar-refractivity contribution is 5.92. The van der Waals surface area contributed by atoms with Gasteiger partial charge in [0, 0.05) is 24.1 Å². The highest BCUT2D eigenvalue weighted by atomic mass is 16.1. The van der Waals surface area contributed by atoms with Crippen LogP contribution in [0.2, 0.25) is 0 Å². The second kappa shape index (κ2) is 9.13. The quantitative estimate of drug-likeness (QED) is 0.457. The molecule has 0 spiro atoms. The van der Waals surface area contributed by atoms with Crippen molar-refractivity contribution >= 4 is 28.6 Å². The largest absolute Gasteiger partial charge is 0.362 e. The molecule has 32 heavy (non-hydrogen) atoms. The summed E-state index contributed by atoms with van der Waals surface area (Å²) < 4.78 is 1.82. The zero-order valence-electron chi connectivity index (χ0n) is 18.8. The fourth-order valence-corrected chi connectivity index (χ4v) is 3.63. The molecule has 1 amide bonds. The first kappa shape index (κ1) is 21.4. The van der Waals surface area contributed by atoms with Gasteiger partial charge in [0.05, 0.1) is 24.9 Å². The van der Waals surface area contributed by atoms with Gasteiger partial charge in [0.1, 0.15) is 11.3 Å². The van der Waals surface area contributed by atoms with Crippen LogP contribution in [0, 0.1) is 13.8 Å². The minimum atomic E-state index is -0.0960. The summed E-state index contributed by atoms with van der Waals surface area (Å²) in [5, 5.41) is 10.8. The molecule has 3 aromatic heterocycles. The summed E-state index contributed by atoms with van der Waals surface area (Å²) in [6.07, 6.45) is 5.56. The van der Waals surface area contributed by atoms with Crippen LogP contribution in [-0.4, -0.2) is 30.6 Å². The Morgan fingerprint density at radius 3 is 2.78 bits per heavy atom. The first-order valence-corrected chi connectivity index (χ1v) is 10.7. The summed E-state index contributed by atoms with van der Waals surface area (Å²) in [5.41, 5.74) is 6.17. The summed E-state index contributed by atoms with van der Waals surface area (Å²) >= 11 is 0. The zero-order chi connectivity index (χ0) is 22.7. The number of pyridine rings is 1. The average molecular weight is 430 g/mol. The number of nitrogens with one attached hydrogen (secondary N) is 2. The zero-order valence-corrected chi connectivity index (χ0v) is 18.8. The molecular formula is C24H27N7O. The highest BCUT2D eigenvalue weighted by Gasteiger charge is 2.13. The Bertz CT molecular complexity index is 1260. The highest BCUT2D eigenvalue weighted by Crippen LogP contribution is 2.25. The van der Waals surface area contributed by atoms with E-state index in [9.17, 15) is 4.79 Å². The molecule has 1 aromatic carbocycles. The Balaban J connectivity index is 1.47. The SMILES string of the molecule is CCn1cc2ncc(N[C@@H](C)c3cc(NC(=O)Cc4cc(C)ccn4)ccc3C)nc2n1. The molecule has 0 fully saturated rings. The van der Waals surface area contributed by atoms with E-state index in [1.54, 1.807) is 12.4 Å². The topological polar surface area (TPSA) is 97.6 Å². The summed E-state index contributed by atoms with van der Waals surface area (Å²) in [6.45, 7) is 8.89. The second-order valence-electron chi connectivity index (χ2n) is 7.94. The lowest BCUT2D eigenvalue weighted by molar-refractivity contribution is -0.115. The van der Waals surface area contributed by atoms with Gasteiger partial charge >= 0.3 is 0 Å². The number of hydrogen-bond acceptors (Lipinski definition) is 6. The van der Waals surface area contributed by atoms with Gasteiger partial charge in [0.15, 0.2) is 0 Å². The molecule has 0 aliphatic rings. The van der Waals surface area contributed by atoms with Crippen molar-refractivity contribution in [2.45, 2.75) is 46.7 Å². The van der Waals surface area contributed by atoms with E-state index < -0.39 is 0 Å². The van der Waals surface area contributed by atoms with Gasteiger partial charge in [-0.05, 0) is 68.7 Å². The Morgan fingerprint density at radius 1 is 1.16 bits per heavy atom. The van der Waals surface area contributed by atoms with Gasteiger partial charge in [-0.15, -0.1) is 0 Å². The number of benzene rings is 1. The van der Waals surface area contributed by atoms with Crippen LogP contribution < -0.4 is 10.6 Å². The van der Waals surface area contributed by atoms with Gasteiger partial charge in [-0.1, -0.05) is 6.07 Å². The molecule has 8 nitrogen and oxygen atoms in total. The summed E-state index contributed by atoms with van der Waals surface area (Å²) in [7, 11) is 0. The molecule has 0 aliphatic heterocycles. The molecule has 1 atom stereocenters. The number of carbonyl (C=O) groups excluding carboxylic acids is 1. The van der Waals surface area contributed by atoms with E-state index in [0.717, 1.165) is 40.1 Å². The third kappa shape index (κ3) is 4.91. The second-order valence-corrected chi connectivity index (χ2v) is 7.94. The Kier molecular flexibility index (Phi) is 6.11. The van der Waals surface area contributed by atoms with Crippen molar-refractivity contribution in [3.05, 3.63) is 71.3 Å². The van der Waals surface area contributed by atoms with Crippen molar-refractivity contribution in [1.29, 1.82) is 0 Å². The van der Waals surface area contributed by atoms with Gasteiger partial charge < -0.3 is 10.6 Å². The number of rotatable bonds is 7. The normalized spacial score (nSPS) is 12.0. The van der Waals surface area contributed by atoms with Crippen LogP contribution in [0.4, 0.5) is 11.5 Å². The van der Waals surface area contributed by atoms with Crippen LogP contribution in [0.15, 0.2) is 48.9 Å². The number of hydrogen-bond donors (Lipinski definition) is 2. The molecule has 0 aliphatic carbocycles. The molecule has 4 rings (SSSR count). The maximum absolute atomic E-state index is 12.5. The number of anilines is 2. The van der Waals surface area contributed by atoms with E-state index in [2.05, 4.69) is 37.6 Å². The number of nitrogens with zero attached hydrogens (tertiary/aromatic N) is 5. The summed E-state index contributed by atoms with van der Waals surface area (Å²) in [6, 6.07) is 9.71. The maximum atomic E-state index is 12.5. The summed E-state index contributed by atoms with van der Waals surface area (Å²) in [4.78, 5) is 25.8. The minimum absolute atomic E-state index is 0.0368. The fraction of sp³-hybridized carbons (Fsp3) is 0.292. The van der Waals surface area contributed by atoms with Crippen molar-refractivity contribution in [3.8, 4) is 0 Å². The third-order valence-electron chi connectivity index (χ3n) is 5.31. The van der Waals surface area contributed by atoms with Gasteiger partial charge in [0.25, 0.3) is 0 Å². The monoisotopic (exact) mass is 429 g/mol. The van der Waals surface area contributed by atoms with Crippen LogP contribution in [-0.2, 0) is 17.8 Å². The average Bonchev–Trinajstić information content (AvgIpc) is 3.17. The van der Waals surface area contributed by atoms with Crippen molar-refractivity contribution in [2.24, 2.45) is 0 Å². The number of aryl methyl sites for hydroxylation is 3. The molecule has 4 aromatic rings. The molecule has 0 radical (unpaired) electrons. The molecule has 0 unspecified atom stereocenters. The molecule has 0 saturated carbocycles. The van der Waals surface area contributed by atoms with Gasteiger partial charge in [-0.25, -0.2) is 9.97 Å².